The average molecular weight is 463 g/mol. The number of aromatic nitrogens is 4. The third kappa shape index (κ3) is 4.10. The number of sulfonamides is 1. The number of rotatable bonds is 5. The lowest BCUT2D eigenvalue weighted by Gasteiger charge is -2.34. The Balaban J connectivity index is 1.49. The summed E-state index contributed by atoms with van der Waals surface area (Å²) in [5.74, 6) is 1.92. The van der Waals surface area contributed by atoms with E-state index in [0.717, 1.165) is 23.0 Å². The molecule has 31 heavy (non-hydrogen) atoms. The number of methoxy groups -OCH3 is 1. The van der Waals surface area contributed by atoms with Crippen LogP contribution in [0.5, 0.6) is 5.75 Å². The zero-order chi connectivity index (χ0) is 22.2. The first-order valence-electron chi connectivity index (χ1n) is 9.73. The van der Waals surface area contributed by atoms with Crippen molar-refractivity contribution in [2.75, 3.05) is 38.2 Å². The van der Waals surface area contributed by atoms with Gasteiger partial charge in [-0.3, -0.25) is 4.57 Å². The van der Waals surface area contributed by atoms with Crippen molar-refractivity contribution in [2.24, 2.45) is 0 Å². The molecule has 2 aromatic heterocycles. The van der Waals surface area contributed by atoms with Crippen LogP contribution in [0.3, 0.4) is 0 Å². The van der Waals surface area contributed by atoms with E-state index >= 15 is 0 Å². The molecule has 1 saturated heterocycles. The molecule has 1 aliphatic heterocycles. The number of aryl methyl sites for hydroxylation is 1. The first kappa shape index (κ1) is 21.5. The van der Waals surface area contributed by atoms with E-state index < -0.39 is 10.0 Å². The van der Waals surface area contributed by atoms with Crippen molar-refractivity contribution in [3.8, 4) is 11.6 Å². The minimum atomic E-state index is -3.65. The molecule has 0 aliphatic carbocycles. The number of hydrogen-bond acceptors (Lipinski definition) is 7. The summed E-state index contributed by atoms with van der Waals surface area (Å²) in [6, 6.07) is 6.39. The topological polar surface area (TPSA) is 93.5 Å². The maximum absolute atomic E-state index is 13.0. The zero-order valence-corrected chi connectivity index (χ0v) is 19.1. The van der Waals surface area contributed by atoms with E-state index in [1.54, 1.807) is 12.4 Å². The van der Waals surface area contributed by atoms with E-state index in [4.69, 9.17) is 16.3 Å². The minimum Gasteiger partial charge on any atom is -0.495 e. The van der Waals surface area contributed by atoms with Gasteiger partial charge in [0.1, 0.15) is 30.0 Å². The highest BCUT2D eigenvalue weighted by molar-refractivity contribution is 7.89. The van der Waals surface area contributed by atoms with E-state index in [-0.39, 0.29) is 9.92 Å². The summed E-state index contributed by atoms with van der Waals surface area (Å²) in [5, 5.41) is 0.265. The van der Waals surface area contributed by atoms with Crippen molar-refractivity contribution in [1.82, 2.24) is 23.8 Å². The third-order valence-electron chi connectivity index (χ3n) is 5.46. The van der Waals surface area contributed by atoms with E-state index in [1.165, 1.54) is 29.9 Å². The Hall–Kier alpha value is -2.69. The molecule has 0 saturated carbocycles. The van der Waals surface area contributed by atoms with Gasteiger partial charge in [0.2, 0.25) is 10.0 Å². The molecule has 0 unspecified atom stereocenters. The molecular formula is C20H23ClN6O3S. The van der Waals surface area contributed by atoms with Gasteiger partial charge in [-0.15, -0.1) is 0 Å². The molecule has 0 amide bonds. The number of benzene rings is 1. The molecule has 0 atom stereocenters. The van der Waals surface area contributed by atoms with Gasteiger partial charge in [-0.05, 0) is 32.0 Å². The highest BCUT2D eigenvalue weighted by Gasteiger charge is 2.29. The van der Waals surface area contributed by atoms with Crippen molar-refractivity contribution >= 4 is 27.4 Å². The zero-order valence-electron chi connectivity index (χ0n) is 17.5. The average Bonchev–Trinajstić information content (AvgIpc) is 3.12. The van der Waals surface area contributed by atoms with Gasteiger partial charge in [-0.25, -0.2) is 23.4 Å². The SMILES string of the molecule is COc1ccc(S(=O)(=O)N2CCN(c3cc(-n4cnc(C)c4C)ncn3)CC2)cc1Cl. The maximum atomic E-state index is 13.0. The van der Waals surface area contributed by atoms with Gasteiger partial charge in [0.05, 0.1) is 22.7 Å². The van der Waals surface area contributed by atoms with Gasteiger partial charge in [0.15, 0.2) is 0 Å². The van der Waals surface area contributed by atoms with Gasteiger partial charge in [-0.2, -0.15) is 4.31 Å². The molecule has 11 heteroatoms. The molecule has 9 nitrogen and oxygen atoms in total. The molecule has 1 aromatic carbocycles. The van der Waals surface area contributed by atoms with Gasteiger partial charge in [0.25, 0.3) is 0 Å². The highest BCUT2D eigenvalue weighted by Crippen LogP contribution is 2.29. The summed E-state index contributed by atoms with van der Waals surface area (Å²) in [6.07, 6.45) is 3.25. The fraction of sp³-hybridized carbons (Fsp3) is 0.350. The molecule has 0 bridgehead atoms. The van der Waals surface area contributed by atoms with Crippen molar-refractivity contribution in [3.05, 3.63) is 53.3 Å². The summed E-state index contributed by atoms with van der Waals surface area (Å²) in [7, 11) is -2.16. The number of halogens is 1. The Bertz CT molecular complexity index is 1210. The van der Waals surface area contributed by atoms with Crippen LogP contribution >= 0.6 is 11.6 Å². The summed E-state index contributed by atoms with van der Waals surface area (Å²) in [5.41, 5.74) is 1.95. The number of hydrogen-bond donors (Lipinski definition) is 0. The molecule has 3 heterocycles. The largest absolute Gasteiger partial charge is 0.495 e. The number of nitrogens with zero attached hydrogens (tertiary/aromatic N) is 6. The first-order valence-corrected chi connectivity index (χ1v) is 11.5. The van der Waals surface area contributed by atoms with Crippen LogP contribution < -0.4 is 9.64 Å². The van der Waals surface area contributed by atoms with Crippen LogP contribution in [0, 0.1) is 13.8 Å². The fourth-order valence-electron chi connectivity index (χ4n) is 3.49. The number of imidazole rings is 1. The molecule has 1 fully saturated rings. The molecular weight excluding hydrogens is 440 g/mol. The van der Waals surface area contributed by atoms with Gasteiger partial charge in [-0.1, -0.05) is 11.6 Å². The smallest absolute Gasteiger partial charge is 0.243 e. The van der Waals surface area contributed by atoms with Crippen molar-refractivity contribution in [1.29, 1.82) is 0 Å². The van der Waals surface area contributed by atoms with Crippen LogP contribution in [-0.4, -0.2) is 65.5 Å². The standard InChI is InChI=1S/C20H23ClN6O3S/c1-14-15(2)27(13-24-14)20-11-19(22-12-23-20)25-6-8-26(9-7-25)31(28,29)16-4-5-18(30-3)17(21)10-16/h4-5,10-13H,6-9H2,1-3H3. The monoisotopic (exact) mass is 462 g/mol. The van der Waals surface area contributed by atoms with Crippen LogP contribution in [0.25, 0.3) is 5.82 Å². The van der Waals surface area contributed by atoms with Crippen LogP contribution in [-0.2, 0) is 10.0 Å². The van der Waals surface area contributed by atoms with Crippen LogP contribution in [0.15, 0.2) is 41.8 Å². The lowest BCUT2D eigenvalue weighted by atomic mass is 10.3. The maximum Gasteiger partial charge on any atom is 0.243 e. The predicted molar refractivity (Wildman–Crippen MR) is 118 cm³/mol. The summed E-state index contributed by atoms with van der Waals surface area (Å²) >= 11 is 6.12. The summed E-state index contributed by atoms with van der Waals surface area (Å²) in [4.78, 5) is 15.3. The number of piperazine rings is 1. The fourth-order valence-corrected chi connectivity index (χ4v) is 5.26. The summed E-state index contributed by atoms with van der Waals surface area (Å²) < 4.78 is 34.5. The Morgan fingerprint density at radius 1 is 1.00 bits per heavy atom. The molecule has 4 rings (SSSR count). The second-order valence-corrected chi connectivity index (χ2v) is 9.55. The molecule has 0 N–H and O–H groups in total. The Kier molecular flexibility index (Phi) is 5.87. The van der Waals surface area contributed by atoms with E-state index in [1.807, 2.05) is 24.5 Å². The molecule has 0 spiro atoms. The van der Waals surface area contributed by atoms with Gasteiger partial charge < -0.3 is 9.64 Å². The van der Waals surface area contributed by atoms with E-state index in [2.05, 4.69) is 19.9 Å². The molecule has 1 aliphatic rings. The van der Waals surface area contributed by atoms with E-state index in [9.17, 15) is 8.42 Å². The Morgan fingerprint density at radius 3 is 2.32 bits per heavy atom. The van der Waals surface area contributed by atoms with Crippen LogP contribution in [0.4, 0.5) is 5.82 Å². The van der Waals surface area contributed by atoms with Gasteiger partial charge in [0, 0.05) is 37.9 Å². The second-order valence-electron chi connectivity index (χ2n) is 7.21. The quantitative estimate of drug-likeness (QED) is 0.574. The summed E-state index contributed by atoms with van der Waals surface area (Å²) in [6.45, 7) is 5.65. The normalized spacial score (nSPS) is 15.3. The Morgan fingerprint density at radius 2 is 1.71 bits per heavy atom. The lowest BCUT2D eigenvalue weighted by molar-refractivity contribution is 0.383. The van der Waals surface area contributed by atoms with Crippen LogP contribution in [0.1, 0.15) is 11.4 Å². The molecule has 0 radical (unpaired) electrons. The molecule has 3 aromatic rings. The van der Waals surface area contributed by atoms with Crippen LogP contribution in [0.2, 0.25) is 5.02 Å². The number of anilines is 1. The number of ether oxygens (including phenoxy) is 1. The van der Waals surface area contributed by atoms with Gasteiger partial charge >= 0.3 is 0 Å². The second kappa shape index (κ2) is 8.45. The van der Waals surface area contributed by atoms with Crippen molar-refractivity contribution < 1.29 is 13.2 Å². The Labute approximate surface area is 186 Å². The lowest BCUT2D eigenvalue weighted by Crippen LogP contribution is -2.49. The first-order chi connectivity index (χ1) is 14.8. The third-order valence-corrected chi connectivity index (χ3v) is 7.65. The van der Waals surface area contributed by atoms with Crippen molar-refractivity contribution in [2.45, 2.75) is 18.7 Å². The molecule has 164 valence electrons. The minimum absolute atomic E-state index is 0.155. The highest BCUT2D eigenvalue weighted by atomic mass is 35.5. The predicted octanol–water partition coefficient (Wildman–Crippen LogP) is 2.45. The van der Waals surface area contributed by atoms with Crippen molar-refractivity contribution in [3.63, 3.8) is 0 Å². The van der Waals surface area contributed by atoms with E-state index in [0.29, 0.717) is 31.9 Å².